The molecule has 0 bridgehead atoms. The van der Waals surface area contributed by atoms with Crippen LogP contribution in [0.25, 0.3) is 11.1 Å². The van der Waals surface area contributed by atoms with Crippen molar-refractivity contribution in [2.24, 2.45) is 5.92 Å². The summed E-state index contributed by atoms with van der Waals surface area (Å²) in [5, 5.41) is 8.87. The van der Waals surface area contributed by atoms with Crippen molar-refractivity contribution in [3.63, 3.8) is 0 Å². The SMILES string of the molecule is CN(C1CCC(C(=O)N2CCCC2c2ccc(F)cc2)CC1)S(=O)c1ccc(-c2ccc(CCC(=O)O)cc2)cc1. The average molecular weight is 577 g/mol. The van der Waals surface area contributed by atoms with Crippen LogP contribution in [0, 0.1) is 11.7 Å². The first-order valence-corrected chi connectivity index (χ1v) is 15.5. The predicted octanol–water partition coefficient (Wildman–Crippen LogP) is 6.39. The molecule has 5 rings (SSSR count). The van der Waals surface area contributed by atoms with Gasteiger partial charge in [-0.1, -0.05) is 48.5 Å². The highest BCUT2D eigenvalue weighted by Gasteiger charge is 2.37. The van der Waals surface area contributed by atoms with Gasteiger partial charge in [-0.2, -0.15) is 0 Å². The van der Waals surface area contributed by atoms with E-state index in [9.17, 15) is 18.2 Å². The molecule has 0 spiro atoms. The topological polar surface area (TPSA) is 77.9 Å². The number of benzene rings is 3. The van der Waals surface area contributed by atoms with Gasteiger partial charge in [0.15, 0.2) is 0 Å². The van der Waals surface area contributed by atoms with Crippen LogP contribution >= 0.6 is 0 Å². The fraction of sp³-hybridized carbons (Fsp3) is 0.394. The number of carbonyl (C=O) groups is 2. The van der Waals surface area contributed by atoms with Crippen molar-refractivity contribution in [1.29, 1.82) is 0 Å². The number of rotatable bonds is 9. The summed E-state index contributed by atoms with van der Waals surface area (Å²) in [5.41, 5.74) is 4.02. The van der Waals surface area contributed by atoms with Crippen LogP contribution in [0.3, 0.4) is 0 Å². The first kappa shape index (κ1) is 29.1. The molecular formula is C33H37FN2O4S. The van der Waals surface area contributed by atoms with E-state index in [4.69, 9.17) is 5.11 Å². The van der Waals surface area contributed by atoms with Gasteiger partial charge in [0.25, 0.3) is 0 Å². The molecule has 1 heterocycles. The summed E-state index contributed by atoms with van der Waals surface area (Å²) < 4.78 is 28.7. The molecule has 2 fully saturated rings. The Hall–Kier alpha value is -3.36. The van der Waals surface area contributed by atoms with Crippen molar-refractivity contribution in [2.45, 2.75) is 68.3 Å². The minimum atomic E-state index is -1.31. The van der Waals surface area contributed by atoms with Crippen LogP contribution < -0.4 is 0 Å². The van der Waals surface area contributed by atoms with Gasteiger partial charge in [0.1, 0.15) is 16.8 Å². The van der Waals surface area contributed by atoms with Crippen molar-refractivity contribution in [3.8, 4) is 11.1 Å². The molecule has 3 aromatic carbocycles. The van der Waals surface area contributed by atoms with Gasteiger partial charge in [-0.3, -0.25) is 9.59 Å². The smallest absolute Gasteiger partial charge is 0.303 e. The zero-order valence-electron chi connectivity index (χ0n) is 23.4. The normalized spacial score (nSPS) is 21.6. The molecule has 1 saturated heterocycles. The molecule has 1 aliphatic carbocycles. The maximum absolute atomic E-state index is 13.5. The van der Waals surface area contributed by atoms with Crippen molar-refractivity contribution in [3.05, 3.63) is 89.7 Å². The molecule has 2 unspecified atom stereocenters. The number of hydrogen-bond acceptors (Lipinski definition) is 3. The molecule has 1 N–H and O–H groups in total. The summed E-state index contributed by atoms with van der Waals surface area (Å²) in [6.07, 6.45) is 5.68. The van der Waals surface area contributed by atoms with E-state index in [2.05, 4.69) is 0 Å². The van der Waals surface area contributed by atoms with Gasteiger partial charge in [0.05, 0.1) is 10.9 Å². The number of halogens is 1. The second-order valence-corrected chi connectivity index (χ2v) is 12.7. The molecule has 8 heteroatoms. The van der Waals surface area contributed by atoms with Gasteiger partial charge in [-0.25, -0.2) is 12.9 Å². The number of likely N-dealkylation sites (tertiary alicyclic amines) is 1. The Kier molecular flexibility index (Phi) is 9.30. The van der Waals surface area contributed by atoms with Crippen LogP contribution in [0.1, 0.15) is 62.1 Å². The second-order valence-electron chi connectivity index (χ2n) is 11.2. The quantitative estimate of drug-likeness (QED) is 0.320. The van der Waals surface area contributed by atoms with Crippen molar-refractivity contribution >= 4 is 22.9 Å². The highest BCUT2D eigenvalue weighted by atomic mass is 32.2. The number of carboxylic acid groups (broad SMARTS) is 1. The van der Waals surface area contributed by atoms with E-state index in [0.717, 1.165) is 72.2 Å². The van der Waals surface area contributed by atoms with E-state index in [1.165, 1.54) is 12.1 Å². The average Bonchev–Trinajstić information content (AvgIpc) is 3.50. The van der Waals surface area contributed by atoms with E-state index in [-0.39, 0.29) is 36.1 Å². The van der Waals surface area contributed by atoms with E-state index >= 15 is 0 Å². The molecule has 0 radical (unpaired) electrons. The lowest BCUT2D eigenvalue weighted by molar-refractivity contribution is -0.138. The second kappa shape index (κ2) is 13.1. The molecule has 6 nitrogen and oxygen atoms in total. The van der Waals surface area contributed by atoms with Crippen LogP contribution in [0.4, 0.5) is 4.39 Å². The monoisotopic (exact) mass is 576 g/mol. The Morgan fingerprint density at radius 2 is 1.51 bits per heavy atom. The van der Waals surface area contributed by atoms with E-state index < -0.39 is 17.0 Å². The van der Waals surface area contributed by atoms with E-state index in [0.29, 0.717) is 6.42 Å². The number of hydrogen-bond donors (Lipinski definition) is 1. The van der Waals surface area contributed by atoms with Crippen molar-refractivity contribution in [1.82, 2.24) is 9.21 Å². The lowest BCUT2D eigenvalue weighted by Gasteiger charge is -2.36. The number of amides is 1. The van der Waals surface area contributed by atoms with Gasteiger partial charge in [0, 0.05) is 32.0 Å². The standard InChI is InChI=1S/C33H37FN2O4S/c1-35(41(40)30-19-13-25(14-20-30)24-7-4-23(5-8-24)6-21-32(37)38)29-17-11-27(12-18-29)33(39)36-22-2-3-31(36)26-9-15-28(34)16-10-26/h4-5,7-10,13-16,19-20,27,29,31H,2-3,6,11-12,17-18,21-22H2,1H3,(H,37,38). The molecule has 1 saturated carbocycles. The van der Waals surface area contributed by atoms with Gasteiger partial charge >= 0.3 is 5.97 Å². The number of aryl methyl sites for hydroxylation is 1. The molecule has 1 amide bonds. The Bertz CT molecular complexity index is 1370. The lowest BCUT2D eigenvalue weighted by Crippen LogP contribution is -2.41. The molecular weight excluding hydrogens is 539 g/mol. The summed E-state index contributed by atoms with van der Waals surface area (Å²) in [5.74, 6) is -0.891. The van der Waals surface area contributed by atoms with Crippen LogP contribution in [0.2, 0.25) is 0 Å². The maximum atomic E-state index is 13.5. The third-order valence-corrected chi connectivity index (χ3v) is 10.1. The third kappa shape index (κ3) is 6.93. The van der Waals surface area contributed by atoms with Crippen LogP contribution in [0.5, 0.6) is 0 Å². The van der Waals surface area contributed by atoms with Crippen molar-refractivity contribution in [2.75, 3.05) is 13.6 Å². The molecule has 2 aliphatic rings. The maximum Gasteiger partial charge on any atom is 0.303 e. The largest absolute Gasteiger partial charge is 0.481 e. The number of carbonyl (C=O) groups excluding carboxylic acids is 1. The zero-order chi connectivity index (χ0) is 28.9. The van der Waals surface area contributed by atoms with E-state index in [1.807, 2.05) is 64.8 Å². The summed E-state index contributed by atoms with van der Waals surface area (Å²) in [4.78, 5) is 27.0. The van der Waals surface area contributed by atoms with Crippen molar-refractivity contribution < 1.29 is 23.3 Å². The van der Waals surface area contributed by atoms with Crippen LogP contribution in [-0.2, 0) is 27.0 Å². The molecule has 3 aromatic rings. The van der Waals surface area contributed by atoms with Crippen LogP contribution in [-0.4, -0.2) is 50.0 Å². The predicted molar refractivity (Wildman–Crippen MR) is 158 cm³/mol. The number of carboxylic acids is 1. The summed E-state index contributed by atoms with van der Waals surface area (Å²) in [6, 6.07) is 22.3. The summed E-state index contributed by atoms with van der Waals surface area (Å²) in [7, 11) is 0.594. The van der Waals surface area contributed by atoms with Gasteiger partial charge in [0.2, 0.25) is 5.91 Å². The molecule has 2 atom stereocenters. The third-order valence-electron chi connectivity index (χ3n) is 8.58. The first-order chi connectivity index (χ1) is 19.8. The first-order valence-electron chi connectivity index (χ1n) is 14.4. The Morgan fingerprint density at radius 1 is 0.902 bits per heavy atom. The molecule has 0 aromatic heterocycles. The molecule has 216 valence electrons. The Morgan fingerprint density at radius 3 is 2.12 bits per heavy atom. The molecule has 1 aliphatic heterocycles. The van der Waals surface area contributed by atoms with Gasteiger partial charge in [-0.15, -0.1) is 0 Å². The highest BCUT2D eigenvalue weighted by Crippen LogP contribution is 2.37. The number of nitrogens with zero attached hydrogens (tertiary/aromatic N) is 2. The fourth-order valence-electron chi connectivity index (χ4n) is 6.16. The van der Waals surface area contributed by atoms with Crippen LogP contribution in [0.15, 0.2) is 77.7 Å². The lowest BCUT2D eigenvalue weighted by atomic mass is 9.85. The van der Waals surface area contributed by atoms with E-state index in [1.54, 1.807) is 12.1 Å². The summed E-state index contributed by atoms with van der Waals surface area (Å²) >= 11 is 0. The summed E-state index contributed by atoms with van der Waals surface area (Å²) in [6.45, 7) is 0.746. The number of aliphatic carboxylic acids is 1. The Balaban J connectivity index is 1.15. The minimum Gasteiger partial charge on any atom is -0.481 e. The fourth-order valence-corrected chi connectivity index (χ4v) is 7.35. The van der Waals surface area contributed by atoms with Gasteiger partial charge in [-0.05, 0) is 91.5 Å². The Labute approximate surface area is 243 Å². The molecule has 41 heavy (non-hydrogen) atoms. The minimum absolute atomic E-state index is 0.0221. The highest BCUT2D eigenvalue weighted by molar-refractivity contribution is 7.82. The zero-order valence-corrected chi connectivity index (χ0v) is 24.2. The van der Waals surface area contributed by atoms with Gasteiger partial charge < -0.3 is 10.0 Å².